The first-order chi connectivity index (χ1) is 17.3. The van der Waals surface area contributed by atoms with Crippen molar-refractivity contribution in [3.8, 4) is 6.07 Å². The molecular weight excluding hydrogens is 475 g/mol. The summed E-state index contributed by atoms with van der Waals surface area (Å²) in [5, 5.41) is 26.8. The second-order valence-corrected chi connectivity index (χ2v) is 9.96. The summed E-state index contributed by atoms with van der Waals surface area (Å²) in [5.41, 5.74) is 0.375. The lowest BCUT2D eigenvalue weighted by Crippen LogP contribution is -2.38. The zero-order valence-corrected chi connectivity index (χ0v) is 22.1. The average Bonchev–Trinajstić information content (AvgIpc) is 2.84. The van der Waals surface area contributed by atoms with Crippen molar-refractivity contribution >= 4 is 41.0 Å². The number of rotatable bonds is 10. The van der Waals surface area contributed by atoms with E-state index >= 15 is 0 Å². The summed E-state index contributed by atoms with van der Waals surface area (Å²) in [5.74, 6) is -0.783. The minimum absolute atomic E-state index is 0.0467. The van der Waals surface area contributed by atoms with Crippen molar-refractivity contribution < 1.29 is 19.1 Å². The summed E-state index contributed by atoms with van der Waals surface area (Å²) in [6, 6.07) is 10.1. The maximum Gasteiger partial charge on any atom is 0.324 e. The SMILES string of the molecule is CCC(C)(C)C(=O)N(C)c1ccc(NCCC(C)(C)O)c(N=CNC(=O)Nc2ccc(C#N)cc2F)c1. The molecule has 0 bridgehead atoms. The number of nitrogens with one attached hydrogen (secondary N) is 3. The minimum Gasteiger partial charge on any atom is -0.390 e. The lowest BCUT2D eigenvalue weighted by Gasteiger charge is -2.28. The number of hydrogen-bond acceptors (Lipinski definition) is 6. The standard InChI is InChI=1S/C27H35FN6O3/c1-7-26(2,3)24(35)34(6)19-9-11-22(30-13-12-27(4,5)37)23(15-19)31-17-32-25(36)33-21-10-8-18(16-29)14-20(21)28/h8-11,14-15,17,30,37H,7,12-13H2,1-6H3,(H2,31,32,33,36). The molecule has 0 saturated carbocycles. The predicted octanol–water partition coefficient (Wildman–Crippen LogP) is 5.15. The van der Waals surface area contributed by atoms with Gasteiger partial charge in [-0.2, -0.15) is 5.26 Å². The van der Waals surface area contributed by atoms with Crippen LogP contribution in [0.15, 0.2) is 41.4 Å². The van der Waals surface area contributed by atoms with Crippen LogP contribution in [0.4, 0.5) is 31.9 Å². The van der Waals surface area contributed by atoms with Gasteiger partial charge in [0, 0.05) is 24.7 Å². The lowest BCUT2D eigenvalue weighted by molar-refractivity contribution is -0.126. The summed E-state index contributed by atoms with van der Waals surface area (Å²) < 4.78 is 14.0. The quantitative estimate of drug-likeness (QED) is 0.259. The molecule has 0 saturated heterocycles. The fourth-order valence-corrected chi connectivity index (χ4v) is 3.22. The molecule has 2 aromatic rings. The number of amides is 3. The van der Waals surface area contributed by atoms with Crippen LogP contribution in [0.5, 0.6) is 0 Å². The number of carbonyl (C=O) groups is 2. The molecule has 198 valence electrons. The molecule has 0 aliphatic heterocycles. The van der Waals surface area contributed by atoms with Gasteiger partial charge in [-0.1, -0.05) is 20.8 Å². The maximum absolute atomic E-state index is 14.0. The molecule has 10 heteroatoms. The average molecular weight is 511 g/mol. The van der Waals surface area contributed by atoms with Gasteiger partial charge < -0.3 is 20.6 Å². The Morgan fingerprint density at radius 3 is 2.43 bits per heavy atom. The van der Waals surface area contributed by atoms with Gasteiger partial charge in [0.15, 0.2) is 0 Å². The Hall–Kier alpha value is -3.97. The molecule has 2 aromatic carbocycles. The molecule has 0 fully saturated rings. The third-order valence-corrected chi connectivity index (χ3v) is 5.93. The molecule has 37 heavy (non-hydrogen) atoms. The van der Waals surface area contributed by atoms with Crippen molar-refractivity contribution in [2.75, 3.05) is 29.1 Å². The topological polar surface area (TPSA) is 130 Å². The maximum atomic E-state index is 14.0. The summed E-state index contributed by atoms with van der Waals surface area (Å²) in [7, 11) is 1.70. The van der Waals surface area contributed by atoms with E-state index < -0.39 is 22.9 Å². The van der Waals surface area contributed by atoms with Gasteiger partial charge >= 0.3 is 6.03 Å². The van der Waals surface area contributed by atoms with E-state index in [4.69, 9.17) is 5.26 Å². The largest absolute Gasteiger partial charge is 0.390 e. The fraction of sp³-hybridized carbons (Fsp3) is 0.407. The zero-order valence-electron chi connectivity index (χ0n) is 22.1. The third-order valence-electron chi connectivity index (χ3n) is 5.93. The monoisotopic (exact) mass is 510 g/mol. The molecule has 0 atom stereocenters. The summed E-state index contributed by atoms with van der Waals surface area (Å²) >= 11 is 0. The molecule has 4 N–H and O–H groups in total. The number of nitrogens with zero attached hydrogens (tertiary/aromatic N) is 3. The summed E-state index contributed by atoms with van der Waals surface area (Å²) in [6.07, 6.45) is 2.32. The van der Waals surface area contributed by atoms with Crippen LogP contribution in [0.3, 0.4) is 0 Å². The van der Waals surface area contributed by atoms with Gasteiger partial charge in [0.25, 0.3) is 0 Å². The predicted molar refractivity (Wildman–Crippen MR) is 145 cm³/mol. The lowest BCUT2D eigenvalue weighted by atomic mass is 9.88. The van der Waals surface area contributed by atoms with Gasteiger partial charge in [0.2, 0.25) is 5.91 Å². The van der Waals surface area contributed by atoms with Crippen LogP contribution in [-0.4, -0.2) is 42.6 Å². The van der Waals surface area contributed by atoms with E-state index in [2.05, 4.69) is 20.9 Å². The zero-order chi connectivity index (χ0) is 27.8. The molecule has 0 heterocycles. The molecular formula is C27H35FN6O3. The van der Waals surface area contributed by atoms with E-state index in [0.29, 0.717) is 36.4 Å². The number of aliphatic imine (C=N–C) groups is 1. The van der Waals surface area contributed by atoms with Gasteiger partial charge in [0.1, 0.15) is 5.82 Å². The normalized spacial score (nSPS) is 11.6. The molecule has 0 aliphatic rings. The van der Waals surface area contributed by atoms with Crippen LogP contribution in [0.2, 0.25) is 0 Å². The van der Waals surface area contributed by atoms with E-state index in [1.165, 1.54) is 12.1 Å². The Bertz CT molecular complexity index is 1200. The molecule has 0 aromatic heterocycles. The summed E-state index contributed by atoms with van der Waals surface area (Å²) in [6.45, 7) is 9.62. The van der Waals surface area contributed by atoms with Crippen molar-refractivity contribution in [1.82, 2.24) is 5.32 Å². The number of halogens is 1. The molecule has 0 radical (unpaired) electrons. The van der Waals surface area contributed by atoms with Gasteiger partial charge in [-0.15, -0.1) is 0 Å². The Morgan fingerprint density at radius 1 is 1.16 bits per heavy atom. The molecule has 9 nitrogen and oxygen atoms in total. The molecule has 0 spiro atoms. The van der Waals surface area contributed by atoms with Crippen LogP contribution in [0, 0.1) is 22.6 Å². The highest BCUT2D eigenvalue weighted by atomic mass is 19.1. The van der Waals surface area contributed by atoms with E-state index in [9.17, 15) is 19.1 Å². The van der Waals surface area contributed by atoms with Gasteiger partial charge in [-0.05, 0) is 63.1 Å². The fourth-order valence-electron chi connectivity index (χ4n) is 3.22. The highest BCUT2D eigenvalue weighted by Crippen LogP contribution is 2.32. The van der Waals surface area contributed by atoms with Gasteiger partial charge in [-0.3, -0.25) is 10.1 Å². The van der Waals surface area contributed by atoms with E-state index in [1.807, 2.05) is 26.8 Å². The smallest absolute Gasteiger partial charge is 0.324 e. The molecule has 0 aliphatic carbocycles. The second-order valence-electron chi connectivity index (χ2n) is 9.96. The van der Waals surface area contributed by atoms with Crippen LogP contribution in [-0.2, 0) is 4.79 Å². The first-order valence-corrected chi connectivity index (χ1v) is 12.0. The number of urea groups is 1. The second kappa shape index (κ2) is 12.3. The van der Waals surface area contributed by atoms with Crippen LogP contribution in [0.1, 0.15) is 53.0 Å². The highest BCUT2D eigenvalue weighted by molar-refractivity contribution is 5.98. The van der Waals surface area contributed by atoms with E-state index in [-0.39, 0.29) is 17.2 Å². The number of benzene rings is 2. The molecule has 0 unspecified atom stereocenters. The minimum atomic E-state index is -0.852. The Kier molecular flexibility index (Phi) is 9.74. The van der Waals surface area contributed by atoms with Gasteiger partial charge in [-0.25, -0.2) is 14.2 Å². The first-order valence-electron chi connectivity index (χ1n) is 12.0. The van der Waals surface area contributed by atoms with Crippen LogP contribution >= 0.6 is 0 Å². The van der Waals surface area contributed by atoms with E-state index in [1.54, 1.807) is 44.0 Å². The Labute approximate surface area is 217 Å². The number of aliphatic hydroxyl groups is 1. The summed E-state index contributed by atoms with van der Waals surface area (Å²) in [4.78, 5) is 31.1. The third kappa shape index (κ3) is 8.58. The Morgan fingerprint density at radius 2 is 1.84 bits per heavy atom. The van der Waals surface area contributed by atoms with E-state index in [0.717, 1.165) is 12.4 Å². The number of carbonyl (C=O) groups excluding carboxylic acids is 2. The van der Waals surface area contributed by atoms with Crippen LogP contribution in [0.25, 0.3) is 0 Å². The molecule has 3 amide bonds. The number of nitriles is 1. The molecule has 2 rings (SSSR count). The van der Waals surface area contributed by atoms with Crippen molar-refractivity contribution in [1.29, 1.82) is 5.26 Å². The van der Waals surface area contributed by atoms with Crippen molar-refractivity contribution in [2.45, 2.75) is 53.1 Å². The number of anilines is 3. The van der Waals surface area contributed by atoms with Crippen LogP contribution < -0.4 is 20.9 Å². The number of hydrogen-bond donors (Lipinski definition) is 4. The first kappa shape index (κ1) is 29.3. The van der Waals surface area contributed by atoms with Crippen molar-refractivity contribution in [2.24, 2.45) is 10.4 Å². The highest BCUT2D eigenvalue weighted by Gasteiger charge is 2.29. The van der Waals surface area contributed by atoms with Crippen molar-refractivity contribution in [3.63, 3.8) is 0 Å². The van der Waals surface area contributed by atoms with Crippen molar-refractivity contribution in [3.05, 3.63) is 47.8 Å². The Balaban J connectivity index is 2.23. The van der Waals surface area contributed by atoms with Gasteiger partial charge in [0.05, 0.1) is 40.6 Å².